The van der Waals surface area contributed by atoms with Crippen LogP contribution in [0.1, 0.15) is 19.3 Å². The van der Waals surface area contributed by atoms with Crippen molar-refractivity contribution in [3.63, 3.8) is 0 Å². The van der Waals surface area contributed by atoms with Crippen LogP contribution in [0, 0.1) is 0 Å². The minimum atomic E-state index is -2.17. The molecule has 3 aromatic rings. The lowest BCUT2D eigenvalue weighted by Gasteiger charge is -2.26. The van der Waals surface area contributed by atoms with E-state index in [-0.39, 0.29) is 12.4 Å². The van der Waals surface area contributed by atoms with Gasteiger partial charge in [-0.25, -0.2) is 0 Å². The van der Waals surface area contributed by atoms with Crippen molar-refractivity contribution in [2.75, 3.05) is 27.9 Å². The second kappa shape index (κ2) is 11.4. The van der Waals surface area contributed by atoms with Gasteiger partial charge in [0, 0.05) is 6.42 Å². The predicted octanol–water partition coefficient (Wildman–Crippen LogP) is 2.05. The van der Waals surface area contributed by atoms with Crippen LogP contribution in [-0.4, -0.2) is 27.9 Å². The number of hydrogen-bond acceptors (Lipinski definition) is 4. The van der Waals surface area contributed by atoms with Gasteiger partial charge in [0.15, 0.2) is 0 Å². The summed E-state index contributed by atoms with van der Waals surface area (Å²) in [5, 5.41) is 3.74. The molecule has 1 fully saturated rings. The smallest absolute Gasteiger partial charge is 0.140 e. The monoisotopic (exact) mass is 484 g/mol. The number of ether oxygens (including phenoxy) is 4. The Morgan fingerprint density at radius 2 is 1.03 bits per heavy atom. The molecule has 0 N–H and O–H groups in total. The van der Waals surface area contributed by atoms with Crippen molar-refractivity contribution in [2.24, 2.45) is 0 Å². The molecule has 0 aromatic heterocycles. The molecular formula is C27H30ClO4P. The van der Waals surface area contributed by atoms with Gasteiger partial charge in [0.1, 0.15) is 52.0 Å². The Morgan fingerprint density at radius 1 is 0.636 bits per heavy atom. The third-order valence-corrected chi connectivity index (χ3v) is 9.90. The van der Waals surface area contributed by atoms with E-state index < -0.39 is 7.26 Å². The van der Waals surface area contributed by atoms with Crippen LogP contribution >= 0.6 is 7.26 Å². The summed E-state index contributed by atoms with van der Waals surface area (Å²) in [6.45, 7) is 0.777. The van der Waals surface area contributed by atoms with Crippen molar-refractivity contribution in [2.45, 2.75) is 19.3 Å². The maximum atomic E-state index is 6.15. The van der Waals surface area contributed by atoms with E-state index in [2.05, 4.69) is 42.2 Å². The van der Waals surface area contributed by atoms with Gasteiger partial charge >= 0.3 is 0 Å². The Hall–Kier alpha value is -2.68. The average Bonchev–Trinajstić information content (AvgIpc) is 2.88. The molecule has 1 aliphatic rings. The third-order valence-electron chi connectivity index (χ3n) is 5.88. The fourth-order valence-electron chi connectivity index (χ4n) is 4.12. The summed E-state index contributed by atoms with van der Waals surface area (Å²) in [5.74, 6) is 6.01. The van der Waals surface area contributed by atoms with Gasteiger partial charge in [0.25, 0.3) is 0 Å². The molecule has 1 aliphatic heterocycles. The van der Waals surface area contributed by atoms with E-state index in [1.165, 1.54) is 15.9 Å². The summed E-state index contributed by atoms with van der Waals surface area (Å²) >= 11 is 0. The standard InChI is InChI=1S/C27H30O4P.ClH/c1-28-21-7-13-25(14-8-21)32(20-24-6-4-5-19-31-24,26-15-9-22(29-2)10-16-26)27-17-11-23(30-3)12-18-27;/h7-18,20H,4-6,19H2,1-3H3;1H/q+1;/p-1/b24-20-;. The second-order valence-electron chi connectivity index (χ2n) is 7.72. The molecule has 0 unspecified atom stereocenters. The molecule has 0 radical (unpaired) electrons. The van der Waals surface area contributed by atoms with E-state index in [0.29, 0.717) is 0 Å². The largest absolute Gasteiger partial charge is 1.00 e. The lowest BCUT2D eigenvalue weighted by Crippen LogP contribution is -3.00. The highest BCUT2D eigenvalue weighted by Crippen LogP contribution is 2.58. The second-order valence-corrected chi connectivity index (χ2v) is 11.0. The lowest BCUT2D eigenvalue weighted by molar-refractivity contribution is -0.00000822. The molecule has 0 atom stereocenters. The summed E-state index contributed by atoms with van der Waals surface area (Å²) in [7, 11) is 2.92. The number of benzene rings is 3. The van der Waals surface area contributed by atoms with Gasteiger partial charge in [-0.3, -0.25) is 0 Å². The van der Waals surface area contributed by atoms with Crippen molar-refractivity contribution in [3.05, 3.63) is 84.4 Å². The van der Waals surface area contributed by atoms with E-state index in [1.807, 2.05) is 36.4 Å². The van der Waals surface area contributed by atoms with Crippen molar-refractivity contribution in [1.82, 2.24) is 0 Å². The number of rotatable bonds is 7. The zero-order chi connectivity index (χ0) is 22.4. The first-order valence-corrected chi connectivity index (χ1v) is 12.7. The lowest BCUT2D eigenvalue weighted by atomic mass is 10.2. The maximum Gasteiger partial charge on any atom is 0.140 e. The van der Waals surface area contributed by atoms with E-state index >= 15 is 0 Å². The quantitative estimate of drug-likeness (QED) is 0.481. The van der Waals surface area contributed by atoms with Crippen molar-refractivity contribution < 1.29 is 31.4 Å². The van der Waals surface area contributed by atoms with Crippen molar-refractivity contribution >= 4 is 23.2 Å². The fraction of sp³-hybridized carbons (Fsp3) is 0.259. The molecule has 0 amide bonds. The summed E-state index contributed by atoms with van der Waals surface area (Å²) in [6, 6.07) is 25.3. The van der Waals surface area contributed by atoms with Crippen LogP contribution in [0.5, 0.6) is 17.2 Å². The first kappa shape index (κ1) is 25.0. The summed E-state index contributed by atoms with van der Waals surface area (Å²) in [6.07, 6.45) is 3.22. The van der Waals surface area contributed by atoms with Crippen molar-refractivity contribution in [1.29, 1.82) is 0 Å². The van der Waals surface area contributed by atoms with Crippen LogP contribution in [0.25, 0.3) is 0 Å². The Labute approximate surface area is 203 Å². The van der Waals surface area contributed by atoms with E-state index in [0.717, 1.165) is 48.9 Å². The average molecular weight is 485 g/mol. The molecule has 0 bridgehead atoms. The molecule has 0 aliphatic carbocycles. The Morgan fingerprint density at radius 3 is 1.33 bits per heavy atom. The number of allylic oxidation sites excluding steroid dienone is 1. The molecule has 174 valence electrons. The van der Waals surface area contributed by atoms with Crippen LogP contribution in [0.4, 0.5) is 0 Å². The van der Waals surface area contributed by atoms with Crippen LogP contribution in [0.15, 0.2) is 84.4 Å². The first-order valence-electron chi connectivity index (χ1n) is 10.9. The normalized spacial score (nSPS) is 14.7. The highest BCUT2D eigenvalue weighted by Gasteiger charge is 2.45. The van der Waals surface area contributed by atoms with Gasteiger partial charge in [0.2, 0.25) is 0 Å². The zero-order valence-corrected chi connectivity index (χ0v) is 20.9. The van der Waals surface area contributed by atoms with E-state index in [1.54, 1.807) is 21.3 Å². The summed E-state index contributed by atoms with van der Waals surface area (Å²) < 4.78 is 22.5. The van der Waals surface area contributed by atoms with Gasteiger partial charge in [0.05, 0.1) is 27.9 Å². The number of methoxy groups -OCH3 is 3. The van der Waals surface area contributed by atoms with Gasteiger partial charge in [-0.2, -0.15) is 0 Å². The maximum absolute atomic E-state index is 6.15. The van der Waals surface area contributed by atoms with Crippen molar-refractivity contribution in [3.8, 4) is 17.2 Å². The fourth-order valence-corrected chi connectivity index (χ4v) is 7.95. The Balaban J connectivity index is 0.00000306. The van der Waals surface area contributed by atoms with Gasteiger partial charge < -0.3 is 31.4 Å². The van der Waals surface area contributed by atoms with Gasteiger partial charge in [-0.05, 0) is 85.6 Å². The molecule has 3 aromatic carbocycles. The predicted molar refractivity (Wildman–Crippen MR) is 133 cm³/mol. The van der Waals surface area contributed by atoms with Crippen LogP contribution in [-0.2, 0) is 4.74 Å². The topological polar surface area (TPSA) is 36.9 Å². The molecule has 4 rings (SSSR count). The van der Waals surface area contributed by atoms with E-state index in [4.69, 9.17) is 18.9 Å². The molecule has 0 spiro atoms. The third kappa shape index (κ3) is 5.29. The minimum Gasteiger partial charge on any atom is -1.00 e. The molecule has 4 nitrogen and oxygen atoms in total. The van der Waals surface area contributed by atoms with Gasteiger partial charge in [-0.1, -0.05) is 0 Å². The highest BCUT2D eigenvalue weighted by molar-refractivity contribution is 7.98. The molecule has 1 heterocycles. The number of halogens is 1. The molecule has 1 saturated heterocycles. The Kier molecular flexibility index (Phi) is 8.66. The Bertz CT molecular complexity index is 923. The van der Waals surface area contributed by atoms with Crippen LogP contribution in [0.3, 0.4) is 0 Å². The number of hydrogen-bond donors (Lipinski definition) is 0. The summed E-state index contributed by atoms with van der Waals surface area (Å²) in [5.41, 5.74) is 0. The summed E-state index contributed by atoms with van der Waals surface area (Å²) in [4.78, 5) is 0. The molecule has 6 heteroatoms. The molecule has 33 heavy (non-hydrogen) atoms. The molecular weight excluding hydrogens is 455 g/mol. The van der Waals surface area contributed by atoms with Crippen LogP contribution < -0.4 is 42.5 Å². The first-order chi connectivity index (χ1) is 15.7. The highest BCUT2D eigenvalue weighted by atomic mass is 35.5. The van der Waals surface area contributed by atoms with Crippen LogP contribution in [0.2, 0.25) is 0 Å². The van der Waals surface area contributed by atoms with E-state index in [9.17, 15) is 0 Å². The zero-order valence-electron chi connectivity index (χ0n) is 19.3. The van der Waals surface area contributed by atoms with Gasteiger partial charge in [-0.15, -0.1) is 0 Å². The molecule has 0 saturated carbocycles. The minimum absolute atomic E-state index is 0. The SMILES string of the molecule is COc1ccc([P+](/C=C2/CCCCO2)(c2ccc(OC)cc2)c2ccc(OC)cc2)cc1.[Cl-].